The fourth-order valence-electron chi connectivity index (χ4n) is 3.24. The maximum Gasteiger partial charge on any atom is 0.318 e. The Balaban J connectivity index is 1.65. The molecule has 0 atom stereocenters. The molecule has 0 aliphatic carbocycles. The summed E-state index contributed by atoms with van der Waals surface area (Å²) in [6.45, 7) is -0.0425. The minimum atomic E-state index is -0.804. The Hall–Kier alpha value is -4.10. The zero-order chi connectivity index (χ0) is 26.0. The number of benzene rings is 3. The van der Waals surface area contributed by atoms with Crippen molar-refractivity contribution in [2.45, 2.75) is 6.54 Å². The van der Waals surface area contributed by atoms with Gasteiger partial charge in [0.05, 0.1) is 27.4 Å². The van der Waals surface area contributed by atoms with Gasteiger partial charge in [-0.3, -0.25) is 34.7 Å². The standard InChI is InChI=1S/C23H13BrFN3O7S/c24-15-3-7-19(35-20-8-6-17(27(31)32)11-18(20)28(33)34)14(9-15)10-21-22(29)26(23(30)36-21)12-13-1-4-16(25)5-2-13/h1-11H,12H2/b21-10-. The Morgan fingerprint density at radius 3 is 2.33 bits per heavy atom. The molecule has 10 nitrogen and oxygen atoms in total. The average Bonchev–Trinajstić information content (AvgIpc) is 3.09. The highest BCUT2D eigenvalue weighted by Crippen LogP contribution is 2.39. The van der Waals surface area contributed by atoms with Gasteiger partial charge in [0, 0.05) is 16.1 Å². The van der Waals surface area contributed by atoms with Crippen LogP contribution in [0.2, 0.25) is 0 Å². The largest absolute Gasteiger partial charge is 0.449 e. The number of non-ortho nitro benzene ring substituents is 1. The predicted octanol–water partition coefficient (Wildman–Crippen LogP) is 6.43. The van der Waals surface area contributed by atoms with Crippen molar-refractivity contribution in [1.82, 2.24) is 4.90 Å². The van der Waals surface area contributed by atoms with E-state index in [0.29, 0.717) is 27.4 Å². The molecule has 1 fully saturated rings. The molecule has 0 saturated carbocycles. The summed E-state index contributed by atoms with van der Waals surface area (Å²) in [5.74, 6) is -1.14. The first-order valence-corrected chi connectivity index (χ1v) is 11.6. The smallest absolute Gasteiger partial charge is 0.318 e. The highest BCUT2D eigenvalue weighted by molar-refractivity contribution is 9.10. The Morgan fingerprint density at radius 1 is 0.972 bits per heavy atom. The number of carbonyl (C=O) groups excluding carboxylic acids is 2. The molecule has 0 N–H and O–H groups in total. The molecule has 36 heavy (non-hydrogen) atoms. The third-order valence-corrected chi connectivity index (χ3v) is 6.36. The van der Waals surface area contributed by atoms with E-state index in [-0.39, 0.29) is 22.9 Å². The third kappa shape index (κ3) is 5.42. The molecule has 3 aromatic rings. The molecular formula is C23H13BrFN3O7S. The van der Waals surface area contributed by atoms with E-state index in [4.69, 9.17) is 4.74 Å². The van der Waals surface area contributed by atoms with Crippen LogP contribution in [0.3, 0.4) is 0 Å². The van der Waals surface area contributed by atoms with Crippen LogP contribution in [-0.2, 0) is 11.3 Å². The first kappa shape index (κ1) is 25.0. The molecule has 1 saturated heterocycles. The van der Waals surface area contributed by atoms with E-state index in [1.807, 2.05) is 0 Å². The van der Waals surface area contributed by atoms with Crippen molar-refractivity contribution in [3.8, 4) is 11.5 Å². The normalized spacial score (nSPS) is 14.4. The number of hydrogen-bond acceptors (Lipinski definition) is 8. The van der Waals surface area contributed by atoms with Crippen LogP contribution in [0, 0.1) is 26.0 Å². The molecule has 1 heterocycles. The Bertz CT molecular complexity index is 1450. The van der Waals surface area contributed by atoms with Crippen LogP contribution in [0.5, 0.6) is 11.5 Å². The Morgan fingerprint density at radius 2 is 1.67 bits per heavy atom. The second-order valence-corrected chi connectivity index (χ2v) is 9.25. The average molecular weight is 574 g/mol. The van der Waals surface area contributed by atoms with Crippen molar-refractivity contribution in [1.29, 1.82) is 0 Å². The molecule has 3 aromatic carbocycles. The summed E-state index contributed by atoms with van der Waals surface area (Å²) in [6.07, 6.45) is 1.41. The van der Waals surface area contributed by atoms with Crippen molar-refractivity contribution in [3.63, 3.8) is 0 Å². The molecule has 0 bridgehead atoms. The molecule has 1 aliphatic heterocycles. The lowest BCUT2D eigenvalue weighted by molar-refractivity contribution is -0.394. The van der Waals surface area contributed by atoms with E-state index >= 15 is 0 Å². The minimum Gasteiger partial charge on any atom is -0.449 e. The van der Waals surface area contributed by atoms with Gasteiger partial charge in [0.1, 0.15) is 11.6 Å². The summed E-state index contributed by atoms with van der Waals surface area (Å²) in [4.78, 5) is 47.4. The van der Waals surface area contributed by atoms with Gasteiger partial charge in [0.2, 0.25) is 5.75 Å². The van der Waals surface area contributed by atoms with Gasteiger partial charge in [-0.15, -0.1) is 0 Å². The van der Waals surface area contributed by atoms with Crippen molar-refractivity contribution in [2.24, 2.45) is 0 Å². The second-order valence-electron chi connectivity index (χ2n) is 7.34. The number of halogens is 2. The molecule has 182 valence electrons. The highest BCUT2D eigenvalue weighted by Gasteiger charge is 2.35. The molecule has 0 spiro atoms. The maximum absolute atomic E-state index is 13.2. The number of ether oxygens (including phenoxy) is 1. The molecule has 1 aliphatic rings. The topological polar surface area (TPSA) is 133 Å². The lowest BCUT2D eigenvalue weighted by atomic mass is 10.1. The first-order chi connectivity index (χ1) is 17.1. The quantitative estimate of drug-likeness (QED) is 0.179. The number of carbonyl (C=O) groups is 2. The van der Waals surface area contributed by atoms with E-state index in [1.165, 1.54) is 36.4 Å². The number of nitro benzene ring substituents is 2. The number of hydrogen-bond donors (Lipinski definition) is 0. The molecule has 2 amide bonds. The van der Waals surface area contributed by atoms with Crippen LogP contribution < -0.4 is 4.74 Å². The summed E-state index contributed by atoms with van der Waals surface area (Å²) < 4.78 is 19.5. The Kier molecular flexibility index (Phi) is 7.12. The van der Waals surface area contributed by atoms with Crippen LogP contribution in [0.25, 0.3) is 6.08 Å². The summed E-state index contributed by atoms with van der Waals surface area (Å²) >= 11 is 4.02. The van der Waals surface area contributed by atoms with Crippen LogP contribution in [0.1, 0.15) is 11.1 Å². The summed E-state index contributed by atoms with van der Waals surface area (Å²) in [7, 11) is 0. The summed E-state index contributed by atoms with van der Waals surface area (Å²) in [5, 5.41) is 21.9. The zero-order valence-corrected chi connectivity index (χ0v) is 20.3. The van der Waals surface area contributed by atoms with Crippen LogP contribution in [0.15, 0.2) is 70.0 Å². The SMILES string of the molecule is O=C1S/C(=C\c2cc(Br)ccc2Oc2ccc([N+](=O)[O-])cc2[N+](=O)[O-])C(=O)N1Cc1ccc(F)cc1. The summed E-state index contributed by atoms with van der Waals surface area (Å²) in [6, 6.07) is 13.0. The number of nitro groups is 2. The minimum absolute atomic E-state index is 0.0425. The maximum atomic E-state index is 13.2. The van der Waals surface area contributed by atoms with Crippen LogP contribution in [-0.4, -0.2) is 25.9 Å². The van der Waals surface area contributed by atoms with Crippen molar-refractivity contribution >= 4 is 56.3 Å². The van der Waals surface area contributed by atoms with E-state index in [2.05, 4.69) is 15.9 Å². The van der Waals surface area contributed by atoms with E-state index in [0.717, 1.165) is 23.1 Å². The van der Waals surface area contributed by atoms with Gasteiger partial charge in [0.25, 0.3) is 16.8 Å². The van der Waals surface area contributed by atoms with Crippen molar-refractivity contribution in [2.75, 3.05) is 0 Å². The first-order valence-electron chi connectivity index (χ1n) is 10.0. The number of nitrogens with zero attached hydrogens (tertiary/aromatic N) is 3. The second kappa shape index (κ2) is 10.3. The van der Waals surface area contributed by atoms with Gasteiger partial charge < -0.3 is 4.74 Å². The van der Waals surface area contributed by atoms with Gasteiger partial charge in [0.15, 0.2) is 0 Å². The molecule has 0 aromatic heterocycles. The lowest BCUT2D eigenvalue weighted by Gasteiger charge is -2.12. The van der Waals surface area contributed by atoms with Crippen LogP contribution in [0.4, 0.5) is 20.6 Å². The molecule has 0 radical (unpaired) electrons. The van der Waals surface area contributed by atoms with Gasteiger partial charge in [-0.25, -0.2) is 4.39 Å². The van der Waals surface area contributed by atoms with Crippen molar-refractivity contribution in [3.05, 3.63) is 107 Å². The molecule has 4 rings (SSSR count). The number of thioether (sulfide) groups is 1. The molecular weight excluding hydrogens is 561 g/mol. The fourth-order valence-corrected chi connectivity index (χ4v) is 4.45. The third-order valence-electron chi connectivity index (χ3n) is 4.96. The number of imide groups is 1. The van der Waals surface area contributed by atoms with Gasteiger partial charge >= 0.3 is 5.69 Å². The van der Waals surface area contributed by atoms with Crippen molar-refractivity contribution < 1.29 is 28.6 Å². The Labute approximate surface area is 214 Å². The predicted molar refractivity (Wildman–Crippen MR) is 132 cm³/mol. The van der Waals surface area contributed by atoms with Crippen LogP contribution >= 0.6 is 27.7 Å². The highest BCUT2D eigenvalue weighted by atomic mass is 79.9. The zero-order valence-electron chi connectivity index (χ0n) is 17.9. The van der Waals surface area contributed by atoms with Gasteiger partial charge in [-0.1, -0.05) is 28.1 Å². The van der Waals surface area contributed by atoms with Gasteiger partial charge in [-0.2, -0.15) is 0 Å². The molecule has 13 heteroatoms. The molecule has 0 unspecified atom stereocenters. The monoisotopic (exact) mass is 573 g/mol. The van der Waals surface area contributed by atoms with E-state index in [9.17, 15) is 34.2 Å². The van der Waals surface area contributed by atoms with Gasteiger partial charge in [-0.05, 0) is 59.8 Å². The number of amides is 2. The summed E-state index contributed by atoms with van der Waals surface area (Å²) in [5.41, 5.74) is -0.196. The lowest BCUT2D eigenvalue weighted by Crippen LogP contribution is -2.27. The fraction of sp³-hybridized carbons (Fsp3) is 0.0435. The van der Waals surface area contributed by atoms with E-state index in [1.54, 1.807) is 12.1 Å². The number of rotatable bonds is 7. The van der Waals surface area contributed by atoms with E-state index < -0.39 is 38.2 Å².